The smallest absolute Gasteiger partial charge is 0.261 e. The Bertz CT molecular complexity index is 1470. The lowest BCUT2D eigenvalue weighted by atomic mass is 10.0. The molecule has 3 aromatic carbocycles. The molecule has 0 atom stereocenters. The quantitative estimate of drug-likeness (QED) is 0.0834. The van der Waals surface area contributed by atoms with E-state index in [4.69, 9.17) is 13.3 Å². The Morgan fingerprint density at radius 2 is 1.10 bits per heavy atom. The maximum Gasteiger partial charge on any atom is 0.261 e. The van der Waals surface area contributed by atoms with Crippen molar-refractivity contribution in [3.05, 3.63) is 96.1 Å². The van der Waals surface area contributed by atoms with Crippen LogP contribution in [0.1, 0.15) is 107 Å². The molecule has 3 rings (SSSR count). The van der Waals surface area contributed by atoms with Gasteiger partial charge in [0.25, 0.3) is 8.32 Å². The van der Waals surface area contributed by atoms with Crippen LogP contribution in [0.15, 0.2) is 90.5 Å². The second kappa shape index (κ2) is 17.0. The number of hydrogen-bond acceptors (Lipinski definition) is 3. The van der Waals surface area contributed by atoms with Crippen LogP contribution >= 0.6 is 0 Å². The topological polar surface area (TPSA) is 27.7 Å². The molecule has 0 heterocycles. The third-order valence-electron chi connectivity index (χ3n) is 11.3. The molecule has 0 saturated heterocycles. The summed E-state index contributed by atoms with van der Waals surface area (Å²) in [6, 6.07) is 28.5. The fraction of sp³-hybridized carbons (Fsp3) is 0.545. The second-order valence-corrected chi connectivity index (χ2v) is 32.2. The first-order chi connectivity index (χ1) is 23.1. The standard InChI is InChI=1S/C44H70O3Si3/c1-36(30-31-37-35-38(46-48(11,12)42(2,3)4)32-33-41(37)47-49(13,14)43(5,6)7)25-19-15-16-24-34-45-50(44(8,9)10,39-26-20-17-21-27-39)40-28-22-18-23-29-40/h17-18,20-23,26-30,32-33,35H,15-16,19,24-25,31,34H2,1-14H3/b36-30+. The van der Waals surface area contributed by atoms with Gasteiger partial charge in [-0.15, -0.1) is 0 Å². The van der Waals surface area contributed by atoms with Crippen molar-refractivity contribution in [3.8, 4) is 11.5 Å². The van der Waals surface area contributed by atoms with Crippen LogP contribution in [0.3, 0.4) is 0 Å². The van der Waals surface area contributed by atoms with E-state index < -0.39 is 25.0 Å². The molecule has 6 heteroatoms. The van der Waals surface area contributed by atoms with E-state index in [9.17, 15) is 0 Å². The van der Waals surface area contributed by atoms with Crippen molar-refractivity contribution in [3.63, 3.8) is 0 Å². The van der Waals surface area contributed by atoms with Crippen molar-refractivity contribution in [1.82, 2.24) is 0 Å². The Balaban J connectivity index is 1.64. The molecule has 3 aromatic rings. The van der Waals surface area contributed by atoms with E-state index in [1.54, 1.807) is 0 Å². The normalized spacial score (nSPS) is 13.8. The minimum atomic E-state index is -2.46. The lowest BCUT2D eigenvalue weighted by molar-refractivity contribution is 0.286. The molecule has 0 aliphatic carbocycles. The van der Waals surface area contributed by atoms with E-state index in [2.05, 4.69) is 180 Å². The average molecular weight is 731 g/mol. The van der Waals surface area contributed by atoms with Gasteiger partial charge in [0.2, 0.25) is 16.6 Å². The first kappa shape index (κ1) is 42.0. The third-order valence-corrected chi connectivity index (χ3v) is 25.0. The molecule has 3 nitrogen and oxygen atoms in total. The van der Waals surface area contributed by atoms with Gasteiger partial charge in [-0.2, -0.15) is 0 Å². The molecule has 0 saturated carbocycles. The molecule has 0 aliphatic heterocycles. The number of allylic oxidation sites excluding steroid dienone is 2. The summed E-state index contributed by atoms with van der Waals surface area (Å²) in [6.07, 6.45) is 9.07. The highest BCUT2D eigenvalue weighted by atomic mass is 28.4. The fourth-order valence-corrected chi connectivity index (χ4v) is 12.7. The zero-order valence-electron chi connectivity index (χ0n) is 34.3. The SMILES string of the molecule is C/C(=C\Cc1cc(O[Si](C)(C)C(C)(C)C)ccc1O[Si](C)(C)C(C)(C)C)CCCCCCO[Si](c1ccccc1)(c1ccccc1)C(C)(C)C. The highest BCUT2D eigenvalue weighted by molar-refractivity contribution is 6.99. The van der Waals surface area contributed by atoms with Crippen molar-refractivity contribution in [2.24, 2.45) is 0 Å². The van der Waals surface area contributed by atoms with Crippen LogP contribution in [0.5, 0.6) is 11.5 Å². The van der Waals surface area contributed by atoms with Crippen LogP contribution in [0.4, 0.5) is 0 Å². The monoisotopic (exact) mass is 730 g/mol. The van der Waals surface area contributed by atoms with Gasteiger partial charge in [0, 0.05) is 12.2 Å². The molecule has 0 N–H and O–H groups in total. The lowest BCUT2D eigenvalue weighted by Crippen LogP contribution is -2.66. The van der Waals surface area contributed by atoms with Crippen LogP contribution in [-0.4, -0.2) is 31.6 Å². The molecule has 0 aromatic heterocycles. The molecule has 50 heavy (non-hydrogen) atoms. The summed E-state index contributed by atoms with van der Waals surface area (Å²) in [5, 5.41) is 3.01. The van der Waals surface area contributed by atoms with Gasteiger partial charge in [-0.3, -0.25) is 0 Å². The van der Waals surface area contributed by atoms with Gasteiger partial charge in [-0.25, -0.2) is 0 Å². The summed E-state index contributed by atoms with van der Waals surface area (Å²) >= 11 is 0. The predicted octanol–water partition coefficient (Wildman–Crippen LogP) is 12.5. The van der Waals surface area contributed by atoms with Crippen molar-refractivity contribution in [2.45, 2.75) is 149 Å². The maximum absolute atomic E-state index is 7.12. The number of hydrogen-bond donors (Lipinski definition) is 0. The summed E-state index contributed by atoms with van der Waals surface area (Å²) < 4.78 is 20.7. The molecule has 0 radical (unpaired) electrons. The van der Waals surface area contributed by atoms with Crippen molar-refractivity contribution < 1.29 is 13.3 Å². The van der Waals surface area contributed by atoms with Gasteiger partial charge in [0.1, 0.15) is 11.5 Å². The largest absolute Gasteiger partial charge is 0.543 e. The van der Waals surface area contributed by atoms with Gasteiger partial charge in [0.15, 0.2) is 0 Å². The van der Waals surface area contributed by atoms with Crippen LogP contribution in [0, 0.1) is 0 Å². The number of unbranched alkanes of at least 4 members (excludes halogenated alkanes) is 3. The summed E-state index contributed by atoms with van der Waals surface area (Å²) in [4.78, 5) is 0. The molecule has 0 bridgehead atoms. The highest BCUT2D eigenvalue weighted by Crippen LogP contribution is 2.41. The second-order valence-electron chi connectivity index (χ2n) is 18.4. The zero-order valence-corrected chi connectivity index (χ0v) is 37.3. The van der Waals surface area contributed by atoms with Crippen LogP contribution in [-0.2, 0) is 10.8 Å². The van der Waals surface area contributed by atoms with E-state index in [0.29, 0.717) is 0 Å². The lowest BCUT2D eigenvalue weighted by Gasteiger charge is -2.43. The molecular weight excluding hydrogens is 661 g/mol. The average Bonchev–Trinajstić information content (AvgIpc) is 3.01. The minimum absolute atomic E-state index is 0.0174. The van der Waals surface area contributed by atoms with Crippen molar-refractivity contribution in [2.75, 3.05) is 6.61 Å². The Morgan fingerprint density at radius 3 is 1.60 bits per heavy atom. The number of benzene rings is 3. The molecule has 0 amide bonds. The Kier molecular flexibility index (Phi) is 14.3. The van der Waals surface area contributed by atoms with E-state index in [0.717, 1.165) is 37.4 Å². The summed E-state index contributed by atoms with van der Waals surface area (Å²) in [7, 11) is -6.39. The predicted molar refractivity (Wildman–Crippen MR) is 226 cm³/mol. The Labute approximate surface area is 310 Å². The first-order valence-corrected chi connectivity index (χ1v) is 26.7. The van der Waals surface area contributed by atoms with E-state index in [-0.39, 0.29) is 15.1 Å². The van der Waals surface area contributed by atoms with E-state index in [1.165, 1.54) is 40.8 Å². The summed E-state index contributed by atoms with van der Waals surface area (Å²) in [6.45, 7) is 33.3. The minimum Gasteiger partial charge on any atom is -0.543 e. The Morgan fingerprint density at radius 1 is 0.600 bits per heavy atom. The van der Waals surface area contributed by atoms with Gasteiger partial charge >= 0.3 is 0 Å². The van der Waals surface area contributed by atoms with Gasteiger partial charge < -0.3 is 13.3 Å². The van der Waals surface area contributed by atoms with Crippen molar-refractivity contribution >= 4 is 35.3 Å². The number of rotatable bonds is 16. The third kappa shape index (κ3) is 10.8. The zero-order chi connectivity index (χ0) is 37.4. The molecule has 276 valence electrons. The molecule has 0 fully saturated rings. The molecule has 0 aliphatic rings. The van der Waals surface area contributed by atoms with E-state index >= 15 is 0 Å². The summed E-state index contributed by atoms with van der Waals surface area (Å²) in [5.41, 5.74) is 2.67. The highest BCUT2D eigenvalue weighted by Gasteiger charge is 2.50. The van der Waals surface area contributed by atoms with Gasteiger partial charge in [0.05, 0.1) is 0 Å². The van der Waals surface area contributed by atoms with E-state index in [1.807, 2.05) is 0 Å². The van der Waals surface area contributed by atoms with Crippen LogP contribution in [0.25, 0.3) is 0 Å². The summed E-state index contributed by atoms with van der Waals surface area (Å²) in [5.74, 6) is 1.99. The van der Waals surface area contributed by atoms with Crippen LogP contribution in [0.2, 0.25) is 41.3 Å². The first-order valence-electron chi connectivity index (χ1n) is 19.0. The maximum atomic E-state index is 7.12. The van der Waals surface area contributed by atoms with Gasteiger partial charge in [-0.05, 0) is 102 Å². The molecule has 0 spiro atoms. The fourth-order valence-electron chi connectivity index (χ4n) is 5.99. The van der Waals surface area contributed by atoms with Crippen molar-refractivity contribution in [1.29, 1.82) is 0 Å². The van der Waals surface area contributed by atoms with Gasteiger partial charge in [-0.1, -0.05) is 147 Å². The molecular formula is C44H70O3Si3. The Hall–Kier alpha value is -2.39. The molecule has 0 unspecified atom stereocenters. The van der Waals surface area contributed by atoms with Crippen LogP contribution < -0.4 is 19.2 Å².